The molecule has 0 saturated carbocycles. The number of alkyl halides is 2. The molecule has 0 fully saturated rings. The lowest BCUT2D eigenvalue weighted by Gasteiger charge is -2.14. The second-order valence-corrected chi connectivity index (χ2v) is 5.58. The molecule has 0 aliphatic heterocycles. The van der Waals surface area contributed by atoms with E-state index in [1.165, 1.54) is 25.1 Å². The molecule has 0 aliphatic rings. The summed E-state index contributed by atoms with van der Waals surface area (Å²) in [6.07, 6.45) is -1.43. The maximum Gasteiger partial charge on any atom is 0.258 e. The number of halogens is 2. The summed E-state index contributed by atoms with van der Waals surface area (Å²) in [6.45, 7) is 1.33. The van der Waals surface area contributed by atoms with Gasteiger partial charge in [0.1, 0.15) is 0 Å². The van der Waals surface area contributed by atoms with Gasteiger partial charge < -0.3 is 5.32 Å². The summed E-state index contributed by atoms with van der Waals surface area (Å²) in [5.41, 5.74) is 0.371. The van der Waals surface area contributed by atoms with Crippen molar-refractivity contribution in [1.82, 2.24) is 0 Å². The van der Waals surface area contributed by atoms with E-state index in [2.05, 4.69) is 5.32 Å². The van der Waals surface area contributed by atoms with E-state index in [1.807, 2.05) is 0 Å². The molecule has 0 heterocycles. The molecule has 16 heavy (non-hydrogen) atoms. The molecular weight excluding hydrogens is 236 g/mol. The van der Waals surface area contributed by atoms with Crippen LogP contribution in [0.2, 0.25) is 0 Å². The highest BCUT2D eigenvalue weighted by molar-refractivity contribution is 7.90. The van der Waals surface area contributed by atoms with Gasteiger partial charge in [0.25, 0.3) is 6.43 Å². The molecule has 1 atom stereocenters. The summed E-state index contributed by atoms with van der Waals surface area (Å²) in [7, 11) is -3.31. The molecule has 1 aromatic carbocycles. The molecule has 0 amide bonds. The van der Waals surface area contributed by atoms with Crippen LogP contribution in [0.1, 0.15) is 6.92 Å². The maximum absolute atomic E-state index is 12.3. The Labute approximate surface area is 93.4 Å². The highest BCUT2D eigenvalue weighted by atomic mass is 32.2. The minimum atomic E-state index is -3.31. The second kappa shape index (κ2) is 4.78. The van der Waals surface area contributed by atoms with Crippen molar-refractivity contribution in [1.29, 1.82) is 0 Å². The average molecular weight is 249 g/mol. The lowest BCUT2D eigenvalue weighted by atomic mass is 10.3. The van der Waals surface area contributed by atoms with E-state index in [0.717, 1.165) is 6.26 Å². The van der Waals surface area contributed by atoms with Crippen molar-refractivity contribution in [3.63, 3.8) is 0 Å². The van der Waals surface area contributed by atoms with Crippen molar-refractivity contribution in [2.45, 2.75) is 24.3 Å². The highest BCUT2D eigenvalue weighted by Gasteiger charge is 2.14. The zero-order valence-corrected chi connectivity index (χ0v) is 9.76. The van der Waals surface area contributed by atoms with Crippen molar-refractivity contribution < 1.29 is 17.2 Å². The van der Waals surface area contributed by atoms with Gasteiger partial charge in [-0.3, -0.25) is 0 Å². The van der Waals surface area contributed by atoms with E-state index in [1.54, 1.807) is 6.07 Å². The highest BCUT2D eigenvalue weighted by Crippen LogP contribution is 2.17. The summed E-state index contributed by atoms with van der Waals surface area (Å²) in [4.78, 5) is 0.110. The molecule has 3 nitrogen and oxygen atoms in total. The predicted octanol–water partition coefficient (Wildman–Crippen LogP) is 2.16. The molecule has 1 aromatic rings. The third-order valence-corrected chi connectivity index (χ3v) is 3.14. The second-order valence-electron chi connectivity index (χ2n) is 3.57. The van der Waals surface area contributed by atoms with E-state index >= 15 is 0 Å². The summed E-state index contributed by atoms with van der Waals surface area (Å²) in [5.74, 6) is 0. The molecule has 0 radical (unpaired) electrons. The molecule has 1 N–H and O–H groups in total. The topological polar surface area (TPSA) is 46.2 Å². The number of nitrogens with one attached hydrogen (secondary N) is 1. The van der Waals surface area contributed by atoms with Crippen LogP contribution in [0.3, 0.4) is 0 Å². The first kappa shape index (κ1) is 12.9. The summed E-state index contributed by atoms with van der Waals surface area (Å²) in [5, 5.41) is 2.54. The Morgan fingerprint density at radius 2 is 1.94 bits per heavy atom. The third-order valence-electron chi connectivity index (χ3n) is 2.03. The van der Waals surface area contributed by atoms with E-state index < -0.39 is 22.3 Å². The first-order valence-electron chi connectivity index (χ1n) is 4.65. The van der Waals surface area contributed by atoms with Crippen LogP contribution < -0.4 is 5.32 Å². The predicted molar refractivity (Wildman–Crippen MR) is 58.6 cm³/mol. The zero-order valence-electron chi connectivity index (χ0n) is 8.94. The molecule has 0 bridgehead atoms. The molecular formula is C10H13F2NO2S. The van der Waals surface area contributed by atoms with Crippen LogP contribution in [0.25, 0.3) is 0 Å². The fourth-order valence-corrected chi connectivity index (χ4v) is 1.81. The minimum absolute atomic E-state index is 0.110. The van der Waals surface area contributed by atoms with E-state index in [-0.39, 0.29) is 4.90 Å². The van der Waals surface area contributed by atoms with E-state index in [9.17, 15) is 17.2 Å². The van der Waals surface area contributed by atoms with Crippen molar-refractivity contribution in [2.75, 3.05) is 11.6 Å². The normalized spacial score (nSPS) is 13.8. The molecule has 0 spiro atoms. The Balaban J connectivity index is 2.92. The molecule has 90 valence electrons. The number of benzene rings is 1. The van der Waals surface area contributed by atoms with Crippen LogP contribution in [0.4, 0.5) is 14.5 Å². The van der Waals surface area contributed by atoms with Gasteiger partial charge in [-0.1, -0.05) is 6.07 Å². The van der Waals surface area contributed by atoms with Gasteiger partial charge in [-0.15, -0.1) is 0 Å². The number of hydrogen-bond donors (Lipinski definition) is 1. The number of hydrogen-bond acceptors (Lipinski definition) is 3. The number of anilines is 1. The van der Waals surface area contributed by atoms with Crippen molar-refractivity contribution in [3.8, 4) is 0 Å². The van der Waals surface area contributed by atoms with Gasteiger partial charge in [-0.05, 0) is 25.1 Å². The SMILES string of the molecule is CC(Nc1cccc(S(C)(=O)=O)c1)C(F)F. The van der Waals surface area contributed by atoms with Gasteiger partial charge in [0.2, 0.25) is 0 Å². The van der Waals surface area contributed by atoms with Gasteiger partial charge >= 0.3 is 0 Å². The maximum atomic E-state index is 12.3. The Hall–Kier alpha value is -1.17. The van der Waals surface area contributed by atoms with E-state index in [0.29, 0.717) is 5.69 Å². The van der Waals surface area contributed by atoms with Crippen LogP contribution in [-0.4, -0.2) is 27.1 Å². The summed E-state index contributed by atoms with van der Waals surface area (Å²) < 4.78 is 47.0. The molecule has 0 aromatic heterocycles. The van der Waals surface area contributed by atoms with Crippen LogP contribution in [0, 0.1) is 0 Å². The largest absolute Gasteiger partial charge is 0.377 e. The van der Waals surface area contributed by atoms with Gasteiger partial charge in [-0.2, -0.15) is 0 Å². The van der Waals surface area contributed by atoms with Crippen LogP contribution in [-0.2, 0) is 9.84 Å². The average Bonchev–Trinajstić information content (AvgIpc) is 2.16. The number of rotatable bonds is 4. The van der Waals surface area contributed by atoms with Crippen LogP contribution in [0.5, 0.6) is 0 Å². The fraction of sp³-hybridized carbons (Fsp3) is 0.400. The molecule has 1 rings (SSSR count). The molecule has 6 heteroatoms. The van der Waals surface area contributed by atoms with Crippen molar-refractivity contribution in [3.05, 3.63) is 24.3 Å². The van der Waals surface area contributed by atoms with Gasteiger partial charge in [0, 0.05) is 11.9 Å². The first-order valence-corrected chi connectivity index (χ1v) is 6.54. The quantitative estimate of drug-likeness (QED) is 0.889. The number of sulfone groups is 1. The Morgan fingerprint density at radius 1 is 1.31 bits per heavy atom. The van der Waals surface area contributed by atoms with Crippen LogP contribution >= 0.6 is 0 Å². The third kappa shape index (κ3) is 3.44. The van der Waals surface area contributed by atoms with Crippen molar-refractivity contribution >= 4 is 15.5 Å². The minimum Gasteiger partial charge on any atom is -0.377 e. The van der Waals surface area contributed by atoms with E-state index in [4.69, 9.17) is 0 Å². The first-order chi connectivity index (χ1) is 7.30. The lowest BCUT2D eigenvalue weighted by molar-refractivity contribution is 0.130. The van der Waals surface area contributed by atoms with Gasteiger partial charge in [0.05, 0.1) is 10.9 Å². The summed E-state index contributed by atoms with van der Waals surface area (Å²) >= 11 is 0. The summed E-state index contributed by atoms with van der Waals surface area (Å²) in [6, 6.07) is 4.81. The monoisotopic (exact) mass is 249 g/mol. The molecule has 0 saturated heterocycles. The van der Waals surface area contributed by atoms with Gasteiger partial charge in [-0.25, -0.2) is 17.2 Å². The van der Waals surface area contributed by atoms with Gasteiger partial charge in [0.15, 0.2) is 9.84 Å². The Bertz CT molecular complexity index is 460. The molecule has 1 unspecified atom stereocenters. The smallest absolute Gasteiger partial charge is 0.258 e. The fourth-order valence-electron chi connectivity index (χ4n) is 1.14. The Morgan fingerprint density at radius 3 is 2.44 bits per heavy atom. The van der Waals surface area contributed by atoms with Crippen LogP contribution in [0.15, 0.2) is 29.2 Å². The Kier molecular flexibility index (Phi) is 3.85. The standard InChI is InChI=1S/C10H13F2NO2S/c1-7(10(11)12)13-8-4-3-5-9(6-8)16(2,14)15/h3-7,10,13H,1-2H3. The van der Waals surface area contributed by atoms with Crippen molar-refractivity contribution in [2.24, 2.45) is 0 Å². The zero-order chi connectivity index (χ0) is 12.3. The lowest BCUT2D eigenvalue weighted by Crippen LogP contribution is -2.23. The molecule has 0 aliphatic carbocycles.